The van der Waals surface area contributed by atoms with Crippen LogP contribution in [0.1, 0.15) is 22.8 Å². The lowest BCUT2D eigenvalue weighted by Crippen LogP contribution is -2.32. The summed E-state index contributed by atoms with van der Waals surface area (Å²) in [6, 6.07) is 4.33. The summed E-state index contributed by atoms with van der Waals surface area (Å²) < 4.78 is 71.4. The Morgan fingerprint density at radius 3 is 2.04 bits per heavy atom. The number of methoxy groups -OCH3 is 1. The van der Waals surface area contributed by atoms with Crippen LogP contribution in [0.2, 0.25) is 0 Å². The fourth-order valence-electron chi connectivity index (χ4n) is 2.20. The highest BCUT2D eigenvalue weighted by atomic mass is 19.2. The van der Waals surface area contributed by atoms with E-state index < -0.39 is 47.1 Å². The number of amides is 1. The van der Waals surface area contributed by atoms with Crippen LogP contribution in [0.4, 0.5) is 27.6 Å². The van der Waals surface area contributed by atoms with E-state index in [9.17, 15) is 31.5 Å². The van der Waals surface area contributed by atoms with E-state index in [1.165, 1.54) is 32.2 Å². The molecule has 0 spiro atoms. The molecule has 2 aromatic rings. The number of halogens is 5. The number of carbonyl (C=O) groups is 2. The number of hydrazine groups is 1. The number of ether oxygens (including phenoxy) is 1. The molecule has 0 aromatic heterocycles. The zero-order chi connectivity index (χ0) is 20.3. The Balaban J connectivity index is 2.19. The summed E-state index contributed by atoms with van der Waals surface area (Å²) in [6.45, 7) is 1.32. The Morgan fingerprint density at radius 2 is 1.52 bits per heavy atom. The van der Waals surface area contributed by atoms with Gasteiger partial charge >= 0.3 is 0 Å². The van der Waals surface area contributed by atoms with E-state index in [1.807, 2.05) is 5.43 Å². The molecule has 27 heavy (non-hydrogen) atoms. The summed E-state index contributed by atoms with van der Waals surface area (Å²) in [5.74, 6) is -11.7. The summed E-state index contributed by atoms with van der Waals surface area (Å²) in [7, 11) is 1.33. The number of ketones is 1. The Labute approximate surface area is 150 Å². The summed E-state index contributed by atoms with van der Waals surface area (Å²) in [6.07, 6.45) is -0.396. The molecular weight excluding hydrogens is 375 g/mol. The number of rotatable bonds is 6. The summed E-state index contributed by atoms with van der Waals surface area (Å²) in [4.78, 5) is 23.4. The van der Waals surface area contributed by atoms with Gasteiger partial charge in [0.05, 0.1) is 13.5 Å². The van der Waals surface area contributed by atoms with E-state index in [0.29, 0.717) is 5.56 Å². The number of Topliss-reactive ketones (excluding diaryl/α,β-unsaturated/α-hetero) is 1. The smallest absolute Gasteiger partial charge is 0.242 e. The quantitative estimate of drug-likeness (QED) is 0.262. The van der Waals surface area contributed by atoms with Crippen molar-refractivity contribution in [2.24, 2.45) is 0 Å². The van der Waals surface area contributed by atoms with Crippen LogP contribution in [-0.2, 0) is 11.2 Å². The molecule has 0 aliphatic rings. The second kappa shape index (κ2) is 8.02. The van der Waals surface area contributed by atoms with Gasteiger partial charge in [-0.25, -0.2) is 22.0 Å². The molecule has 2 aromatic carbocycles. The Morgan fingerprint density at radius 1 is 0.963 bits per heavy atom. The van der Waals surface area contributed by atoms with Gasteiger partial charge in [-0.2, -0.15) is 0 Å². The van der Waals surface area contributed by atoms with Crippen molar-refractivity contribution >= 4 is 17.4 Å². The lowest BCUT2D eigenvalue weighted by Gasteiger charge is -2.13. The lowest BCUT2D eigenvalue weighted by atomic mass is 10.0. The summed E-state index contributed by atoms with van der Waals surface area (Å²) >= 11 is 0. The fraction of sp³-hybridized carbons (Fsp3) is 0.176. The van der Waals surface area contributed by atoms with Crippen molar-refractivity contribution in [3.05, 3.63) is 58.4 Å². The van der Waals surface area contributed by atoms with E-state index >= 15 is 0 Å². The number of carbonyl (C=O) groups excluding carboxylic acids is 2. The first-order valence-electron chi connectivity index (χ1n) is 7.41. The Bertz CT molecular complexity index is 889. The topological polar surface area (TPSA) is 67.4 Å². The second-order valence-electron chi connectivity index (χ2n) is 5.38. The number of benzene rings is 2. The standard InChI is InChI=1S/C17H13F5N2O3/c1-7(25)8-3-4-10(27-2)9(5-8)6-11(26)23-24-17-15(21)13(19)12(18)14(20)16(17)22/h3-5,24H,6H2,1-2H3,(H,23,26). The molecule has 0 aliphatic carbocycles. The zero-order valence-electron chi connectivity index (χ0n) is 14.1. The molecule has 2 rings (SSSR count). The van der Waals surface area contributed by atoms with Crippen molar-refractivity contribution in [1.82, 2.24) is 5.43 Å². The van der Waals surface area contributed by atoms with Gasteiger partial charge < -0.3 is 4.74 Å². The third-order valence-electron chi connectivity index (χ3n) is 3.57. The second-order valence-corrected chi connectivity index (χ2v) is 5.38. The van der Waals surface area contributed by atoms with E-state index in [4.69, 9.17) is 4.74 Å². The average molecular weight is 388 g/mol. The molecule has 0 unspecified atom stereocenters. The molecule has 0 bridgehead atoms. The van der Waals surface area contributed by atoms with Gasteiger partial charge in [-0.15, -0.1) is 0 Å². The van der Waals surface area contributed by atoms with Gasteiger partial charge in [0.2, 0.25) is 11.7 Å². The Hall–Kier alpha value is -3.17. The molecule has 0 saturated heterocycles. The number of nitrogens with one attached hydrogen (secondary N) is 2. The largest absolute Gasteiger partial charge is 0.496 e. The maximum Gasteiger partial charge on any atom is 0.242 e. The minimum atomic E-state index is -2.31. The van der Waals surface area contributed by atoms with Crippen LogP contribution in [0.25, 0.3) is 0 Å². The first-order chi connectivity index (χ1) is 12.7. The van der Waals surface area contributed by atoms with Gasteiger partial charge in [-0.3, -0.25) is 20.4 Å². The SMILES string of the molecule is COc1ccc(C(C)=O)cc1CC(=O)NNc1c(F)c(F)c(F)c(F)c1F. The van der Waals surface area contributed by atoms with Gasteiger partial charge in [0, 0.05) is 11.1 Å². The van der Waals surface area contributed by atoms with Crippen molar-refractivity contribution < 1.29 is 36.3 Å². The predicted molar refractivity (Wildman–Crippen MR) is 84.7 cm³/mol. The van der Waals surface area contributed by atoms with E-state index in [2.05, 4.69) is 0 Å². The van der Waals surface area contributed by atoms with Gasteiger partial charge in [0.25, 0.3) is 0 Å². The third-order valence-corrected chi connectivity index (χ3v) is 3.57. The molecule has 0 fully saturated rings. The molecule has 0 heterocycles. The highest BCUT2D eigenvalue weighted by Crippen LogP contribution is 2.26. The molecule has 1 amide bonds. The van der Waals surface area contributed by atoms with Crippen LogP contribution in [0, 0.1) is 29.1 Å². The zero-order valence-corrected chi connectivity index (χ0v) is 14.1. The van der Waals surface area contributed by atoms with E-state index in [1.54, 1.807) is 5.43 Å². The monoisotopic (exact) mass is 388 g/mol. The first kappa shape index (κ1) is 20.1. The van der Waals surface area contributed by atoms with Crippen molar-refractivity contribution in [2.45, 2.75) is 13.3 Å². The Kier molecular flexibility index (Phi) is 5.98. The fourth-order valence-corrected chi connectivity index (χ4v) is 2.20. The van der Waals surface area contributed by atoms with E-state index in [0.717, 1.165) is 0 Å². The van der Waals surface area contributed by atoms with Gasteiger partial charge in [-0.1, -0.05) is 0 Å². The van der Waals surface area contributed by atoms with Gasteiger partial charge in [0.1, 0.15) is 11.4 Å². The first-order valence-corrected chi connectivity index (χ1v) is 7.41. The molecular formula is C17H13F5N2O3. The molecule has 0 aliphatic heterocycles. The average Bonchev–Trinajstić information content (AvgIpc) is 2.64. The summed E-state index contributed by atoms with van der Waals surface area (Å²) in [5.41, 5.74) is 2.70. The van der Waals surface area contributed by atoms with Crippen LogP contribution < -0.4 is 15.6 Å². The lowest BCUT2D eigenvalue weighted by molar-refractivity contribution is -0.120. The maximum atomic E-state index is 13.5. The van der Waals surface area contributed by atoms with Crippen LogP contribution in [0.3, 0.4) is 0 Å². The molecule has 2 N–H and O–H groups in total. The minimum absolute atomic E-state index is 0.265. The third kappa shape index (κ3) is 4.15. The highest BCUT2D eigenvalue weighted by molar-refractivity contribution is 5.94. The number of hydrogen-bond acceptors (Lipinski definition) is 4. The predicted octanol–water partition coefficient (Wildman–Crippen LogP) is 3.28. The summed E-state index contributed by atoms with van der Waals surface area (Å²) in [5, 5.41) is 0. The maximum absolute atomic E-state index is 13.5. The van der Waals surface area contributed by atoms with E-state index in [-0.39, 0.29) is 17.1 Å². The van der Waals surface area contributed by atoms with Crippen LogP contribution in [0.15, 0.2) is 18.2 Å². The van der Waals surface area contributed by atoms with Crippen LogP contribution in [0.5, 0.6) is 5.75 Å². The molecule has 5 nitrogen and oxygen atoms in total. The molecule has 10 heteroatoms. The van der Waals surface area contributed by atoms with Crippen molar-refractivity contribution in [3.63, 3.8) is 0 Å². The van der Waals surface area contributed by atoms with Gasteiger partial charge in [0.15, 0.2) is 29.1 Å². The number of anilines is 1. The molecule has 0 radical (unpaired) electrons. The van der Waals surface area contributed by atoms with Crippen LogP contribution >= 0.6 is 0 Å². The highest BCUT2D eigenvalue weighted by Gasteiger charge is 2.26. The normalized spacial score (nSPS) is 10.5. The number of hydrogen-bond donors (Lipinski definition) is 2. The van der Waals surface area contributed by atoms with Crippen molar-refractivity contribution in [3.8, 4) is 5.75 Å². The van der Waals surface area contributed by atoms with Crippen molar-refractivity contribution in [1.29, 1.82) is 0 Å². The van der Waals surface area contributed by atoms with Crippen molar-refractivity contribution in [2.75, 3.05) is 12.5 Å². The van der Waals surface area contributed by atoms with Crippen LogP contribution in [-0.4, -0.2) is 18.8 Å². The minimum Gasteiger partial charge on any atom is -0.496 e. The molecule has 0 atom stereocenters. The molecule has 0 saturated carbocycles. The molecule has 144 valence electrons. The van der Waals surface area contributed by atoms with Gasteiger partial charge in [-0.05, 0) is 25.1 Å².